The number of benzene rings is 1. The minimum Gasteiger partial charge on any atom is -0.508 e. The molecule has 2 nitrogen and oxygen atoms in total. The molecule has 94 valence electrons. The van der Waals surface area contributed by atoms with Crippen LogP contribution in [-0.4, -0.2) is 5.11 Å². The monoisotopic (exact) mass is 245 g/mol. The number of hydrogen-bond acceptors (Lipinski definition) is 2. The summed E-state index contributed by atoms with van der Waals surface area (Å²) < 4.78 is 14.1. The Balaban J connectivity index is 2.50. The van der Waals surface area contributed by atoms with Gasteiger partial charge in [-0.3, -0.25) is 0 Å². The first-order valence-corrected chi connectivity index (χ1v) is 5.85. The molecule has 0 amide bonds. The molecule has 0 radical (unpaired) electrons. The van der Waals surface area contributed by atoms with Crippen LogP contribution in [0.15, 0.2) is 42.8 Å². The number of aromatic hydroxyl groups is 1. The molecule has 1 aliphatic heterocycles. The fraction of sp³-hybridized carbons (Fsp3) is 0.200. The van der Waals surface area contributed by atoms with Gasteiger partial charge in [-0.25, -0.2) is 4.39 Å². The van der Waals surface area contributed by atoms with Gasteiger partial charge in [0, 0.05) is 17.5 Å². The van der Waals surface area contributed by atoms with E-state index in [0.717, 1.165) is 0 Å². The van der Waals surface area contributed by atoms with Gasteiger partial charge in [0.2, 0.25) is 0 Å². The Kier molecular flexibility index (Phi) is 3.24. The maximum atomic E-state index is 14.1. The molecule has 0 saturated carbocycles. The van der Waals surface area contributed by atoms with Crippen LogP contribution in [0.25, 0.3) is 5.57 Å². The van der Waals surface area contributed by atoms with E-state index in [1.807, 2.05) is 13.8 Å². The average molecular weight is 245 g/mol. The van der Waals surface area contributed by atoms with E-state index in [1.54, 1.807) is 18.4 Å². The molecule has 2 rings (SSSR count). The summed E-state index contributed by atoms with van der Waals surface area (Å²) in [7, 11) is 0. The van der Waals surface area contributed by atoms with E-state index >= 15 is 0 Å². The molecule has 3 heteroatoms. The molecule has 0 atom stereocenters. The molecular formula is C15H16FNO. The molecule has 1 heterocycles. The molecule has 0 unspecified atom stereocenters. The second kappa shape index (κ2) is 4.69. The quantitative estimate of drug-likeness (QED) is 0.833. The van der Waals surface area contributed by atoms with Crippen LogP contribution in [0, 0.1) is 5.82 Å². The Hall–Kier alpha value is -2.03. The Labute approximate surface area is 106 Å². The van der Waals surface area contributed by atoms with E-state index < -0.39 is 0 Å². The van der Waals surface area contributed by atoms with Crippen molar-refractivity contribution in [2.24, 2.45) is 0 Å². The number of hydrogen-bond donors (Lipinski definition) is 2. The van der Waals surface area contributed by atoms with Crippen LogP contribution in [0.3, 0.4) is 0 Å². The van der Waals surface area contributed by atoms with Crippen molar-refractivity contribution in [2.45, 2.75) is 19.8 Å². The lowest BCUT2D eigenvalue weighted by molar-refractivity contribution is 0.461. The zero-order valence-corrected chi connectivity index (χ0v) is 10.5. The maximum Gasteiger partial charge on any atom is 0.131 e. The second-order valence-electron chi connectivity index (χ2n) is 4.65. The Morgan fingerprint density at radius 3 is 2.67 bits per heavy atom. The molecule has 2 N–H and O–H groups in total. The van der Waals surface area contributed by atoms with Crippen molar-refractivity contribution < 1.29 is 9.50 Å². The van der Waals surface area contributed by atoms with E-state index in [4.69, 9.17) is 0 Å². The zero-order chi connectivity index (χ0) is 13.3. The van der Waals surface area contributed by atoms with Crippen LogP contribution >= 0.6 is 0 Å². The second-order valence-corrected chi connectivity index (χ2v) is 4.65. The van der Waals surface area contributed by atoms with Crippen molar-refractivity contribution in [3.8, 4) is 5.75 Å². The summed E-state index contributed by atoms with van der Waals surface area (Å²) in [4.78, 5) is 0. The third-order valence-electron chi connectivity index (χ3n) is 2.91. The summed E-state index contributed by atoms with van der Waals surface area (Å²) in [5.41, 5.74) is 2.39. The van der Waals surface area contributed by atoms with E-state index in [9.17, 15) is 9.50 Å². The van der Waals surface area contributed by atoms with Gasteiger partial charge in [-0.1, -0.05) is 20.4 Å². The smallest absolute Gasteiger partial charge is 0.131 e. The van der Waals surface area contributed by atoms with Gasteiger partial charge >= 0.3 is 0 Å². The van der Waals surface area contributed by atoms with E-state index in [1.165, 1.54) is 12.1 Å². The Morgan fingerprint density at radius 2 is 2.06 bits per heavy atom. The van der Waals surface area contributed by atoms with Crippen LogP contribution in [0.4, 0.5) is 4.39 Å². The van der Waals surface area contributed by atoms with Crippen molar-refractivity contribution in [1.29, 1.82) is 0 Å². The van der Waals surface area contributed by atoms with Gasteiger partial charge in [0.1, 0.15) is 11.6 Å². The van der Waals surface area contributed by atoms with Crippen molar-refractivity contribution >= 4 is 5.57 Å². The zero-order valence-electron chi connectivity index (χ0n) is 10.5. The average Bonchev–Trinajstić information content (AvgIpc) is 2.31. The van der Waals surface area contributed by atoms with Gasteiger partial charge in [0.05, 0.1) is 0 Å². The summed E-state index contributed by atoms with van der Waals surface area (Å²) in [6.45, 7) is 7.60. The highest BCUT2D eigenvalue weighted by Crippen LogP contribution is 2.32. The number of halogens is 1. The lowest BCUT2D eigenvalue weighted by atomic mass is 9.96. The molecule has 0 spiro atoms. The fourth-order valence-electron chi connectivity index (χ4n) is 1.94. The Bertz CT molecular complexity index is 556. The third kappa shape index (κ3) is 2.30. The van der Waals surface area contributed by atoms with Gasteiger partial charge in [-0.05, 0) is 41.3 Å². The molecule has 0 aliphatic carbocycles. The molecule has 0 aromatic heterocycles. The summed E-state index contributed by atoms with van der Waals surface area (Å²) >= 11 is 0. The highest BCUT2D eigenvalue weighted by Gasteiger charge is 2.14. The lowest BCUT2D eigenvalue weighted by Gasteiger charge is -2.14. The van der Waals surface area contributed by atoms with Crippen molar-refractivity contribution in [1.82, 2.24) is 5.32 Å². The molecule has 1 aromatic rings. The lowest BCUT2D eigenvalue weighted by Crippen LogP contribution is -2.06. The van der Waals surface area contributed by atoms with Crippen LogP contribution in [-0.2, 0) is 0 Å². The van der Waals surface area contributed by atoms with Gasteiger partial charge in [-0.2, -0.15) is 0 Å². The van der Waals surface area contributed by atoms with Gasteiger partial charge < -0.3 is 10.4 Å². The molecule has 1 aromatic carbocycles. The maximum absolute atomic E-state index is 14.1. The largest absolute Gasteiger partial charge is 0.508 e. The number of nitrogens with one attached hydrogen (secondary N) is 1. The predicted octanol–water partition coefficient (Wildman–Crippen LogP) is 3.67. The molecule has 1 aliphatic rings. The van der Waals surface area contributed by atoms with Crippen LogP contribution in [0.1, 0.15) is 30.9 Å². The fourth-order valence-corrected chi connectivity index (χ4v) is 1.94. The van der Waals surface area contributed by atoms with Crippen LogP contribution in [0.2, 0.25) is 0 Å². The Morgan fingerprint density at radius 1 is 1.33 bits per heavy atom. The first-order chi connectivity index (χ1) is 8.49. The highest BCUT2D eigenvalue weighted by atomic mass is 19.1. The third-order valence-corrected chi connectivity index (χ3v) is 2.91. The predicted molar refractivity (Wildman–Crippen MR) is 71.5 cm³/mol. The molecule has 0 bridgehead atoms. The summed E-state index contributed by atoms with van der Waals surface area (Å²) in [5, 5.41) is 12.8. The molecule has 0 fully saturated rings. The minimum absolute atomic E-state index is 0.0843. The summed E-state index contributed by atoms with van der Waals surface area (Å²) in [5.74, 6) is -0.122. The van der Waals surface area contributed by atoms with Gasteiger partial charge in [0.25, 0.3) is 0 Å². The van der Waals surface area contributed by atoms with E-state index in [0.29, 0.717) is 22.4 Å². The van der Waals surface area contributed by atoms with Gasteiger partial charge in [-0.15, -0.1) is 0 Å². The summed E-state index contributed by atoms with van der Waals surface area (Å²) in [6, 6.07) is 2.87. The van der Waals surface area contributed by atoms with E-state index in [-0.39, 0.29) is 17.5 Å². The number of rotatable bonds is 2. The molecule has 0 saturated heterocycles. The van der Waals surface area contributed by atoms with Crippen LogP contribution < -0.4 is 5.32 Å². The topological polar surface area (TPSA) is 32.3 Å². The minimum atomic E-state index is -0.331. The highest BCUT2D eigenvalue weighted by molar-refractivity contribution is 5.78. The van der Waals surface area contributed by atoms with Crippen molar-refractivity contribution in [3.05, 3.63) is 59.7 Å². The first-order valence-electron chi connectivity index (χ1n) is 5.85. The standard InChI is InChI=1S/C15H16FNO/c1-9(2)12-7-14(16)13(8-15(12)18)11-4-5-17-10(3)6-11/h4-9,17-18H,3H2,1-2H3. The van der Waals surface area contributed by atoms with Crippen molar-refractivity contribution in [2.75, 3.05) is 0 Å². The first kappa shape index (κ1) is 12.4. The van der Waals surface area contributed by atoms with Gasteiger partial charge in [0.15, 0.2) is 0 Å². The molecule has 18 heavy (non-hydrogen) atoms. The number of dihydropyridines is 1. The van der Waals surface area contributed by atoms with Crippen molar-refractivity contribution in [3.63, 3.8) is 0 Å². The SMILES string of the molecule is C=C1C=C(c2cc(O)c(C(C)C)cc2F)C=CN1. The van der Waals surface area contributed by atoms with Crippen LogP contribution in [0.5, 0.6) is 5.75 Å². The van der Waals surface area contributed by atoms with E-state index in [2.05, 4.69) is 11.9 Å². The number of phenols is 1. The number of phenolic OH excluding ortho intramolecular Hbond substituents is 1. The normalized spacial score (nSPS) is 14.7. The molecular weight excluding hydrogens is 229 g/mol. The number of allylic oxidation sites excluding steroid dienone is 3. The summed E-state index contributed by atoms with van der Waals surface area (Å²) in [6.07, 6.45) is 5.19.